The highest BCUT2D eigenvalue weighted by molar-refractivity contribution is 5.30. The van der Waals surface area contributed by atoms with Gasteiger partial charge in [0.25, 0.3) is 0 Å². The van der Waals surface area contributed by atoms with Gasteiger partial charge in [-0.15, -0.1) is 0 Å². The highest BCUT2D eigenvalue weighted by Crippen LogP contribution is 2.21. The van der Waals surface area contributed by atoms with E-state index in [0.717, 1.165) is 6.07 Å². The van der Waals surface area contributed by atoms with Crippen molar-refractivity contribution in [1.29, 1.82) is 0 Å². The third kappa shape index (κ3) is 2.63. The maximum atomic E-state index is 13.1. The predicted molar refractivity (Wildman–Crippen MR) is 45.6 cm³/mol. The van der Waals surface area contributed by atoms with Gasteiger partial charge in [0, 0.05) is 17.7 Å². The quantitative estimate of drug-likeness (QED) is 0.822. The van der Waals surface area contributed by atoms with E-state index in [1.807, 2.05) is 0 Å². The summed E-state index contributed by atoms with van der Waals surface area (Å²) in [5, 5.41) is 0. The normalized spacial score (nSPS) is 13.0. The molecule has 0 bridgehead atoms. The molecule has 5 heteroatoms. The van der Waals surface area contributed by atoms with Crippen LogP contribution < -0.4 is 10.5 Å². The zero-order valence-electron chi connectivity index (χ0n) is 7.51. The van der Waals surface area contributed by atoms with E-state index in [1.165, 1.54) is 12.1 Å². The largest absolute Gasteiger partial charge is 0.435 e. The lowest BCUT2D eigenvalue weighted by molar-refractivity contribution is -0.0500. The van der Waals surface area contributed by atoms with Gasteiger partial charge in [0.2, 0.25) is 0 Å². The molecular formula is C9H10F3NO. The SMILES string of the molecule is C[C@H](N)c1ccc(OC(F)F)cc1F. The second kappa shape index (κ2) is 4.32. The molecule has 1 aromatic carbocycles. The minimum Gasteiger partial charge on any atom is -0.435 e. The lowest BCUT2D eigenvalue weighted by Crippen LogP contribution is -2.08. The Morgan fingerprint density at radius 3 is 2.43 bits per heavy atom. The molecule has 0 heterocycles. The van der Waals surface area contributed by atoms with Gasteiger partial charge in [0.1, 0.15) is 11.6 Å². The highest BCUT2D eigenvalue weighted by atomic mass is 19.3. The van der Waals surface area contributed by atoms with Gasteiger partial charge in [-0.25, -0.2) is 4.39 Å². The summed E-state index contributed by atoms with van der Waals surface area (Å²) in [4.78, 5) is 0. The number of benzene rings is 1. The van der Waals surface area contributed by atoms with Crippen LogP contribution in [0.25, 0.3) is 0 Å². The fraction of sp³-hybridized carbons (Fsp3) is 0.333. The van der Waals surface area contributed by atoms with Crippen LogP contribution in [-0.2, 0) is 0 Å². The van der Waals surface area contributed by atoms with Crippen molar-refractivity contribution < 1.29 is 17.9 Å². The molecule has 0 radical (unpaired) electrons. The highest BCUT2D eigenvalue weighted by Gasteiger charge is 2.10. The molecule has 0 aliphatic rings. The number of hydrogen-bond acceptors (Lipinski definition) is 2. The molecule has 0 amide bonds. The fourth-order valence-electron chi connectivity index (χ4n) is 1.05. The molecule has 0 saturated heterocycles. The van der Waals surface area contributed by atoms with Crippen LogP contribution in [0.1, 0.15) is 18.5 Å². The maximum Gasteiger partial charge on any atom is 0.387 e. The van der Waals surface area contributed by atoms with Crippen molar-refractivity contribution in [3.05, 3.63) is 29.6 Å². The van der Waals surface area contributed by atoms with Gasteiger partial charge in [-0.2, -0.15) is 8.78 Å². The minimum atomic E-state index is -2.95. The molecule has 2 nitrogen and oxygen atoms in total. The lowest BCUT2D eigenvalue weighted by atomic mass is 10.1. The number of rotatable bonds is 3. The summed E-state index contributed by atoms with van der Waals surface area (Å²) in [6.45, 7) is -1.35. The van der Waals surface area contributed by atoms with Crippen molar-refractivity contribution in [2.45, 2.75) is 19.6 Å². The number of alkyl halides is 2. The Morgan fingerprint density at radius 1 is 1.36 bits per heavy atom. The van der Waals surface area contributed by atoms with Crippen LogP contribution in [0.4, 0.5) is 13.2 Å². The molecule has 0 aromatic heterocycles. The van der Waals surface area contributed by atoms with Crippen LogP contribution in [0.3, 0.4) is 0 Å². The monoisotopic (exact) mass is 205 g/mol. The van der Waals surface area contributed by atoms with E-state index in [2.05, 4.69) is 4.74 Å². The molecule has 2 N–H and O–H groups in total. The van der Waals surface area contributed by atoms with Gasteiger partial charge in [0.05, 0.1) is 0 Å². The van der Waals surface area contributed by atoms with Gasteiger partial charge in [-0.1, -0.05) is 6.07 Å². The predicted octanol–water partition coefficient (Wildman–Crippen LogP) is 2.45. The molecular weight excluding hydrogens is 195 g/mol. The number of nitrogens with two attached hydrogens (primary N) is 1. The van der Waals surface area contributed by atoms with Gasteiger partial charge < -0.3 is 10.5 Å². The van der Waals surface area contributed by atoms with Gasteiger partial charge in [0.15, 0.2) is 0 Å². The van der Waals surface area contributed by atoms with Gasteiger partial charge >= 0.3 is 6.61 Å². The third-order valence-electron chi connectivity index (χ3n) is 1.69. The van der Waals surface area contributed by atoms with Crippen molar-refractivity contribution >= 4 is 0 Å². The molecule has 78 valence electrons. The number of hydrogen-bond donors (Lipinski definition) is 1. The standard InChI is InChI=1S/C9H10F3NO/c1-5(13)7-3-2-6(4-8(7)10)14-9(11)12/h2-5,9H,13H2,1H3/t5-/m0/s1. The number of halogens is 3. The Balaban J connectivity index is 2.89. The molecule has 0 saturated carbocycles. The first-order valence-electron chi connectivity index (χ1n) is 4.00. The smallest absolute Gasteiger partial charge is 0.387 e. The maximum absolute atomic E-state index is 13.1. The minimum absolute atomic E-state index is 0.207. The molecule has 0 aliphatic heterocycles. The average Bonchev–Trinajstić information content (AvgIpc) is 2.01. The van der Waals surface area contributed by atoms with Crippen molar-refractivity contribution in [1.82, 2.24) is 0 Å². The Labute approximate surface area is 79.5 Å². The summed E-state index contributed by atoms with van der Waals surface area (Å²) in [6, 6.07) is 3.01. The van der Waals surface area contributed by atoms with Gasteiger partial charge in [-0.3, -0.25) is 0 Å². The Morgan fingerprint density at radius 2 is 2.00 bits per heavy atom. The van der Waals surface area contributed by atoms with E-state index in [0.29, 0.717) is 0 Å². The second-order valence-corrected chi connectivity index (χ2v) is 2.85. The molecule has 0 fully saturated rings. The first-order valence-corrected chi connectivity index (χ1v) is 4.00. The van der Waals surface area contributed by atoms with E-state index >= 15 is 0 Å². The van der Waals surface area contributed by atoms with Crippen molar-refractivity contribution in [3.8, 4) is 5.75 Å². The molecule has 0 unspecified atom stereocenters. The fourth-order valence-corrected chi connectivity index (χ4v) is 1.05. The molecule has 1 aromatic rings. The topological polar surface area (TPSA) is 35.2 Å². The average molecular weight is 205 g/mol. The van der Waals surface area contributed by atoms with Crippen LogP contribution in [0.15, 0.2) is 18.2 Å². The summed E-state index contributed by atoms with van der Waals surface area (Å²) < 4.78 is 40.6. The van der Waals surface area contributed by atoms with Crippen LogP contribution in [0.2, 0.25) is 0 Å². The van der Waals surface area contributed by atoms with Crippen LogP contribution >= 0.6 is 0 Å². The Bertz CT molecular complexity index is 315. The van der Waals surface area contributed by atoms with Crippen molar-refractivity contribution in [2.24, 2.45) is 5.73 Å². The number of ether oxygens (including phenoxy) is 1. The summed E-state index contributed by atoms with van der Waals surface area (Å²) in [6.07, 6.45) is 0. The summed E-state index contributed by atoms with van der Waals surface area (Å²) in [5.41, 5.74) is 5.71. The van der Waals surface area contributed by atoms with E-state index in [4.69, 9.17) is 5.73 Å². The molecule has 1 rings (SSSR count). The second-order valence-electron chi connectivity index (χ2n) is 2.85. The zero-order chi connectivity index (χ0) is 10.7. The first kappa shape index (κ1) is 10.8. The van der Waals surface area contributed by atoms with Crippen LogP contribution in [0.5, 0.6) is 5.75 Å². The summed E-state index contributed by atoms with van der Waals surface area (Å²) in [5.74, 6) is -0.847. The van der Waals surface area contributed by atoms with Crippen molar-refractivity contribution in [2.75, 3.05) is 0 Å². The molecule has 0 spiro atoms. The third-order valence-corrected chi connectivity index (χ3v) is 1.69. The van der Waals surface area contributed by atoms with Crippen molar-refractivity contribution in [3.63, 3.8) is 0 Å². The van der Waals surface area contributed by atoms with E-state index in [-0.39, 0.29) is 11.3 Å². The lowest BCUT2D eigenvalue weighted by Gasteiger charge is -2.09. The van der Waals surface area contributed by atoms with E-state index in [1.54, 1.807) is 6.92 Å². The van der Waals surface area contributed by atoms with E-state index < -0.39 is 18.5 Å². The molecule has 14 heavy (non-hydrogen) atoms. The summed E-state index contributed by atoms with van der Waals surface area (Å²) >= 11 is 0. The Hall–Kier alpha value is -1.23. The first-order chi connectivity index (χ1) is 6.50. The van der Waals surface area contributed by atoms with Gasteiger partial charge in [-0.05, 0) is 13.0 Å². The summed E-state index contributed by atoms with van der Waals surface area (Å²) in [7, 11) is 0. The van der Waals surface area contributed by atoms with Crippen LogP contribution in [0, 0.1) is 5.82 Å². The Kier molecular flexibility index (Phi) is 3.35. The zero-order valence-corrected chi connectivity index (χ0v) is 7.51. The molecule has 1 atom stereocenters. The van der Waals surface area contributed by atoms with Crippen LogP contribution in [-0.4, -0.2) is 6.61 Å². The molecule has 0 aliphatic carbocycles. The van der Waals surface area contributed by atoms with E-state index in [9.17, 15) is 13.2 Å².